The molecule has 1 aliphatic rings. The lowest BCUT2D eigenvalue weighted by Crippen LogP contribution is -2.38. The largest absolute Gasteiger partial charge is 0.349 e. The molecule has 1 atom stereocenters. The molecule has 0 aromatic carbocycles. The van der Waals surface area contributed by atoms with E-state index in [0.29, 0.717) is 11.5 Å². The molecule has 0 spiro atoms. The van der Waals surface area contributed by atoms with Gasteiger partial charge in [-0.3, -0.25) is 0 Å². The molecule has 84 valence electrons. The van der Waals surface area contributed by atoms with E-state index in [-0.39, 0.29) is 0 Å². The lowest BCUT2D eigenvalue weighted by Gasteiger charge is -2.27. The van der Waals surface area contributed by atoms with Crippen LogP contribution < -0.4 is 5.32 Å². The summed E-state index contributed by atoms with van der Waals surface area (Å²) >= 11 is 0. The maximum Gasteiger partial charge on any atom is 0.107 e. The monoisotopic (exact) mass is 207 g/mol. The van der Waals surface area contributed by atoms with Crippen molar-refractivity contribution in [3.8, 4) is 0 Å². The summed E-state index contributed by atoms with van der Waals surface area (Å²) in [5.41, 5.74) is 0.475. The molecule has 1 heterocycles. The molecule has 0 bridgehead atoms. The zero-order valence-corrected chi connectivity index (χ0v) is 9.71. The first kappa shape index (κ1) is 10.7. The maximum atomic E-state index is 4.22. The van der Waals surface area contributed by atoms with Gasteiger partial charge in [-0.25, -0.2) is 4.98 Å². The van der Waals surface area contributed by atoms with Crippen LogP contribution in [0.3, 0.4) is 0 Å². The normalized spacial score (nSPS) is 24.5. The summed E-state index contributed by atoms with van der Waals surface area (Å²) in [6, 6.07) is 0.687. The number of hydrogen-bond acceptors (Lipinski definition) is 2. The quantitative estimate of drug-likeness (QED) is 0.794. The predicted molar refractivity (Wildman–Crippen MR) is 61.7 cm³/mol. The van der Waals surface area contributed by atoms with Crippen LogP contribution in [0.15, 0.2) is 12.4 Å². The summed E-state index contributed by atoms with van der Waals surface area (Å²) < 4.78 is 0. The third-order valence-corrected chi connectivity index (χ3v) is 3.56. The molecule has 1 aromatic heterocycles. The highest BCUT2D eigenvalue weighted by molar-refractivity contribution is 4.92. The van der Waals surface area contributed by atoms with Crippen LogP contribution in [0, 0.1) is 5.41 Å². The van der Waals surface area contributed by atoms with Gasteiger partial charge < -0.3 is 10.3 Å². The Kier molecular flexibility index (Phi) is 3.10. The van der Waals surface area contributed by atoms with E-state index in [1.165, 1.54) is 19.3 Å². The van der Waals surface area contributed by atoms with Gasteiger partial charge in [-0.1, -0.05) is 20.3 Å². The van der Waals surface area contributed by atoms with Gasteiger partial charge in [-0.15, -0.1) is 0 Å². The lowest BCUT2D eigenvalue weighted by atomic mass is 9.87. The predicted octanol–water partition coefficient (Wildman–Crippen LogP) is 2.12. The summed E-state index contributed by atoms with van der Waals surface area (Å²) in [7, 11) is 0. The lowest BCUT2D eigenvalue weighted by molar-refractivity contribution is 0.285. The van der Waals surface area contributed by atoms with Gasteiger partial charge in [-0.05, 0) is 18.3 Å². The van der Waals surface area contributed by atoms with E-state index in [2.05, 4.69) is 29.1 Å². The third-order valence-electron chi connectivity index (χ3n) is 3.56. The zero-order valence-electron chi connectivity index (χ0n) is 9.71. The Balaban J connectivity index is 1.74. The summed E-state index contributed by atoms with van der Waals surface area (Å²) in [4.78, 5) is 7.35. The number of nitrogens with one attached hydrogen (secondary N) is 2. The van der Waals surface area contributed by atoms with Crippen LogP contribution in [0.4, 0.5) is 0 Å². The Bertz CT molecular complexity index is 290. The smallest absolute Gasteiger partial charge is 0.107 e. The van der Waals surface area contributed by atoms with Gasteiger partial charge >= 0.3 is 0 Å². The van der Waals surface area contributed by atoms with E-state index in [1.807, 2.05) is 12.4 Å². The molecule has 1 fully saturated rings. The Morgan fingerprint density at radius 3 is 3.07 bits per heavy atom. The van der Waals surface area contributed by atoms with Crippen LogP contribution >= 0.6 is 0 Å². The molecule has 0 aliphatic heterocycles. The molecule has 0 saturated heterocycles. The second-order valence-corrected chi connectivity index (χ2v) is 5.17. The van der Waals surface area contributed by atoms with Crippen molar-refractivity contribution in [1.82, 2.24) is 15.3 Å². The molecule has 15 heavy (non-hydrogen) atoms. The fourth-order valence-corrected chi connectivity index (χ4v) is 2.50. The average Bonchev–Trinajstić information content (AvgIpc) is 2.77. The van der Waals surface area contributed by atoms with Gasteiger partial charge in [0.05, 0.1) is 0 Å². The highest BCUT2D eigenvalue weighted by atomic mass is 15.0. The van der Waals surface area contributed by atoms with Gasteiger partial charge in [0.15, 0.2) is 0 Å². The Labute approximate surface area is 91.7 Å². The minimum atomic E-state index is 0.475. The van der Waals surface area contributed by atoms with Gasteiger partial charge in [0.1, 0.15) is 5.82 Å². The molecule has 1 unspecified atom stereocenters. The van der Waals surface area contributed by atoms with Crippen LogP contribution in [-0.4, -0.2) is 22.6 Å². The van der Waals surface area contributed by atoms with Crippen molar-refractivity contribution in [3.05, 3.63) is 18.2 Å². The minimum Gasteiger partial charge on any atom is -0.349 e. The molecule has 0 amide bonds. The molecule has 3 nitrogen and oxygen atoms in total. The molecule has 3 heteroatoms. The molecule has 2 N–H and O–H groups in total. The number of nitrogens with zero attached hydrogens (tertiary/aromatic N) is 1. The number of aromatic nitrogens is 2. The molecular formula is C12H21N3. The summed E-state index contributed by atoms with van der Waals surface area (Å²) in [6.45, 7) is 5.76. The first-order chi connectivity index (χ1) is 7.18. The fourth-order valence-electron chi connectivity index (χ4n) is 2.50. The van der Waals surface area contributed by atoms with Crippen molar-refractivity contribution in [2.24, 2.45) is 5.41 Å². The topological polar surface area (TPSA) is 40.7 Å². The first-order valence-corrected chi connectivity index (χ1v) is 5.90. The Morgan fingerprint density at radius 1 is 1.60 bits per heavy atom. The number of imidazole rings is 1. The van der Waals surface area contributed by atoms with Gasteiger partial charge in [-0.2, -0.15) is 0 Å². The highest BCUT2D eigenvalue weighted by Crippen LogP contribution is 2.36. The summed E-state index contributed by atoms with van der Waals surface area (Å²) in [6.07, 6.45) is 8.74. The van der Waals surface area contributed by atoms with E-state index >= 15 is 0 Å². The number of H-pyrrole nitrogens is 1. The van der Waals surface area contributed by atoms with Crippen LogP contribution in [0.2, 0.25) is 0 Å². The molecule has 2 rings (SSSR count). The van der Waals surface area contributed by atoms with Crippen molar-refractivity contribution in [2.75, 3.05) is 6.54 Å². The van der Waals surface area contributed by atoms with Gasteiger partial charge in [0.2, 0.25) is 0 Å². The van der Waals surface area contributed by atoms with Crippen LogP contribution in [0.1, 0.15) is 38.9 Å². The number of hydrogen-bond donors (Lipinski definition) is 2. The number of aromatic amines is 1. The van der Waals surface area contributed by atoms with E-state index < -0.39 is 0 Å². The SMILES string of the molecule is CC1(C)CCCC1NCCc1ncc[nH]1. The average molecular weight is 207 g/mol. The van der Waals surface area contributed by atoms with Crippen molar-refractivity contribution in [3.63, 3.8) is 0 Å². The van der Waals surface area contributed by atoms with Crippen molar-refractivity contribution < 1.29 is 0 Å². The Hall–Kier alpha value is -0.830. The Morgan fingerprint density at radius 2 is 2.47 bits per heavy atom. The van der Waals surface area contributed by atoms with E-state index in [4.69, 9.17) is 0 Å². The van der Waals surface area contributed by atoms with Crippen molar-refractivity contribution in [1.29, 1.82) is 0 Å². The summed E-state index contributed by atoms with van der Waals surface area (Å²) in [5.74, 6) is 1.08. The fraction of sp³-hybridized carbons (Fsp3) is 0.750. The summed E-state index contributed by atoms with van der Waals surface area (Å²) in [5, 5.41) is 3.65. The number of rotatable bonds is 4. The van der Waals surface area contributed by atoms with Crippen molar-refractivity contribution in [2.45, 2.75) is 45.6 Å². The molecule has 1 aliphatic carbocycles. The maximum absolute atomic E-state index is 4.22. The minimum absolute atomic E-state index is 0.475. The van der Waals surface area contributed by atoms with E-state index in [1.54, 1.807) is 0 Å². The van der Waals surface area contributed by atoms with Crippen LogP contribution in [0.5, 0.6) is 0 Å². The molecule has 1 saturated carbocycles. The highest BCUT2D eigenvalue weighted by Gasteiger charge is 2.33. The first-order valence-electron chi connectivity index (χ1n) is 5.90. The molecule has 0 radical (unpaired) electrons. The van der Waals surface area contributed by atoms with Gasteiger partial charge in [0, 0.05) is 31.4 Å². The van der Waals surface area contributed by atoms with E-state index in [0.717, 1.165) is 18.8 Å². The third kappa shape index (κ3) is 2.59. The van der Waals surface area contributed by atoms with Crippen LogP contribution in [-0.2, 0) is 6.42 Å². The zero-order chi connectivity index (χ0) is 10.7. The molecule has 1 aromatic rings. The standard InChI is InChI=1S/C12H21N3/c1-12(2)6-3-4-10(12)13-7-5-11-14-8-9-15-11/h8-10,13H,3-7H2,1-2H3,(H,14,15). The molecular weight excluding hydrogens is 186 g/mol. The van der Waals surface area contributed by atoms with Gasteiger partial charge in [0.25, 0.3) is 0 Å². The van der Waals surface area contributed by atoms with Crippen LogP contribution in [0.25, 0.3) is 0 Å². The van der Waals surface area contributed by atoms with Crippen molar-refractivity contribution >= 4 is 0 Å². The van der Waals surface area contributed by atoms with E-state index in [9.17, 15) is 0 Å². The second kappa shape index (κ2) is 4.35. The second-order valence-electron chi connectivity index (χ2n) is 5.17.